The molecule has 1 aromatic carbocycles. The van der Waals surface area contributed by atoms with Crippen LogP contribution in [0.1, 0.15) is 53.5 Å². The maximum Gasteiger partial charge on any atom is 0.414 e. The largest absolute Gasteiger partial charge is 0.497 e. The van der Waals surface area contributed by atoms with Crippen LogP contribution >= 0.6 is 0 Å². The summed E-state index contributed by atoms with van der Waals surface area (Å²) < 4.78 is 21.3. The normalized spacial score (nSPS) is 18.3. The second-order valence-corrected chi connectivity index (χ2v) is 9.30. The van der Waals surface area contributed by atoms with Gasteiger partial charge in [0.05, 0.1) is 31.9 Å². The van der Waals surface area contributed by atoms with Crippen LogP contribution < -0.4 is 9.64 Å². The summed E-state index contributed by atoms with van der Waals surface area (Å²) in [5, 5.41) is 0. The Labute approximate surface area is 183 Å². The Kier molecular flexibility index (Phi) is 6.93. The number of anilines is 1. The van der Waals surface area contributed by atoms with Gasteiger partial charge in [0.25, 0.3) is 0 Å². The molecule has 0 N–H and O–H groups in total. The SMILES string of the molecule is CCOC(=O)C1(CC(C)(C)C(=O)OC)CN(C(=O)OC(C)(C)C)c2ccc(OC)cc21. The van der Waals surface area contributed by atoms with Crippen LogP contribution in [0.2, 0.25) is 0 Å². The Morgan fingerprint density at radius 1 is 1.10 bits per heavy atom. The van der Waals surface area contributed by atoms with Crippen molar-refractivity contribution >= 4 is 23.7 Å². The predicted octanol–water partition coefficient (Wildman–Crippen LogP) is 3.84. The van der Waals surface area contributed by atoms with E-state index in [-0.39, 0.29) is 19.6 Å². The summed E-state index contributed by atoms with van der Waals surface area (Å²) in [6.45, 7) is 10.6. The molecule has 1 aliphatic heterocycles. The van der Waals surface area contributed by atoms with Crippen molar-refractivity contribution in [3.8, 4) is 5.75 Å². The number of rotatable bonds is 6. The number of carbonyl (C=O) groups excluding carboxylic acids is 3. The number of hydrogen-bond donors (Lipinski definition) is 0. The van der Waals surface area contributed by atoms with Gasteiger partial charge in [0, 0.05) is 6.54 Å². The third kappa shape index (κ3) is 4.94. The lowest BCUT2D eigenvalue weighted by atomic mass is 9.69. The van der Waals surface area contributed by atoms with Crippen LogP contribution in [0.3, 0.4) is 0 Å². The Balaban J connectivity index is 2.68. The van der Waals surface area contributed by atoms with Crippen molar-refractivity contribution in [1.82, 2.24) is 0 Å². The highest BCUT2D eigenvalue weighted by Gasteiger charge is 2.56. The number of esters is 2. The maximum atomic E-state index is 13.4. The minimum absolute atomic E-state index is 0.0241. The van der Waals surface area contributed by atoms with Gasteiger partial charge in [0.2, 0.25) is 0 Å². The van der Waals surface area contributed by atoms with Crippen LogP contribution in [-0.2, 0) is 29.2 Å². The zero-order chi connectivity index (χ0) is 23.6. The van der Waals surface area contributed by atoms with Gasteiger partial charge in [-0.3, -0.25) is 14.5 Å². The van der Waals surface area contributed by atoms with E-state index in [0.29, 0.717) is 17.0 Å². The molecule has 1 atom stereocenters. The van der Waals surface area contributed by atoms with Crippen molar-refractivity contribution in [3.63, 3.8) is 0 Å². The van der Waals surface area contributed by atoms with Gasteiger partial charge in [0.1, 0.15) is 16.8 Å². The molecule has 2 rings (SSSR count). The van der Waals surface area contributed by atoms with Gasteiger partial charge in [-0.2, -0.15) is 0 Å². The average Bonchev–Trinajstić information content (AvgIpc) is 3.00. The van der Waals surface area contributed by atoms with E-state index < -0.39 is 34.5 Å². The lowest BCUT2D eigenvalue weighted by Crippen LogP contribution is -2.48. The third-order valence-electron chi connectivity index (χ3n) is 5.20. The highest BCUT2D eigenvalue weighted by atomic mass is 16.6. The molecule has 1 heterocycles. The van der Waals surface area contributed by atoms with Crippen molar-refractivity contribution in [3.05, 3.63) is 23.8 Å². The lowest BCUT2D eigenvalue weighted by molar-refractivity contribution is -0.156. The number of ether oxygens (including phenoxy) is 4. The third-order valence-corrected chi connectivity index (χ3v) is 5.20. The second-order valence-electron chi connectivity index (χ2n) is 9.30. The Morgan fingerprint density at radius 2 is 1.74 bits per heavy atom. The summed E-state index contributed by atoms with van der Waals surface area (Å²) in [6.07, 6.45) is -0.508. The highest BCUT2D eigenvalue weighted by Crippen LogP contribution is 2.49. The zero-order valence-electron chi connectivity index (χ0n) is 19.7. The Morgan fingerprint density at radius 3 is 2.26 bits per heavy atom. The van der Waals surface area contributed by atoms with E-state index in [1.807, 2.05) is 0 Å². The Bertz CT molecular complexity index is 856. The molecule has 0 saturated carbocycles. The first-order valence-corrected chi connectivity index (χ1v) is 10.3. The minimum atomic E-state index is -1.30. The van der Waals surface area contributed by atoms with Gasteiger partial charge >= 0.3 is 18.0 Å². The molecule has 1 amide bonds. The molecule has 0 saturated heterocycles. The number of carbonyl (C=O) groups is 3. The van der Waals surface area contributed by atoms with Crippen LogP contribution in [0.15, 0.2) is 18.2 Å². The first-order chi connectivity index (χ1) is 14.3. The number of nitrogens with zero attached hydrogens (tertiary/aromatic N) is 1. The maximum absolute atomic E-state index is 13.4. The molecule has 8 nitrogen and oxygen atoms in total. The fourth-order valence-corrected chi connectivity index (χ4v) is 3.95. The van der Waals surface area contributed by atoms with E-state index in [0.717, 1.165) is 0 Å². The molecule has 1 aliphatic rings. The van der Waals surface area contributed by atoms with Crippen LogP contribution in [0, 0.1) is 5.41 Å². The summed E-state index contributed by atoms with van der Waals surface area (Å²) >= 11 is 0. The van der Waals surface area contributed by atoms with Crippen molar-refractivity contribution in [2.24, 2.45) is 5.41 Å². The number of benzene rings is 1. The van der Waals surface area contributed by atoms with Crippen LogP contribution in [0.4, 0.5) is 10.5 Å². The van der Waals surface area contributed by atoms with E-state index in [1.54, 1.807) is 59.7 Å². The van der Waals surface area contributed by atoms with Gasteiger partial charge in [-0.25, -0.2) is 4.79 Å². The minimum Gasteiger partial charge on any atom is -0.497 e. The quantitative estimate of drug-likeness (QED) is 0.495. The number of methoxy groups -OCH3 is 2. The highest BCUT2D eigenvalue weighted by molar-refractivity contribution is 5.99. The van der Waals surface area contributed by atoms with E-state index in [2.05, 4.69) is 0 Å². The molecule has 31 heavy (non-hydrogen) atoms. The van der Waals surface area contributed by atoms with Gasteiger partial charge in [0.15, 0.2) is 0 Å². The van der Waals surface area contributed by atoms with Crippen molar-refractivity contribution in [2.45, 2.75) is 59.0 Å². The van der Waals surface area contributed by atoms with Gasteiger partial charge < -0.3 is 18.9 Å². The fraction of sp³-hybridized carbons (Fsp3) is 0.609. The van der Waals surface area contributed by atoms with Gasteiger partial charge in [-0.05, 0) is 71.7 Å². The molecule has 0 fully saturated rings. The summed E-state index contributed by atoms with van der Waals surface area (Å²) in [4.78, 5) is 40.3. The molecule has 0 spiro atoms. The second kappa shape index (κ2) is 8.77. The molecule has 8 heteroatoms. The Hall–Kier alpha value is -2.77. The molecule has 172 valence electrons. The fourth-order valence-electron chi connectivity index (χ4n) is 3.95. The predicted molar refractivity (Wildman–Crippen MR) is 115 cm³/mol. The van der Waals surface area contributed by atoms with Crippen LogP contribution in [0.5, 0.6) is 5.75 Å². The topological polar surface area (TPSA) is 91.4 Å². The summed E-state index contributed by atoms with van der Waals surface area (Å²) in [7, 11) is 2.83. The number of hydrogen-bond acceptors (Lipinski definition) is 7. The summed E-state index contributed by atoms with van der Waals surface area (Å²) in [5.41, 5.74) is -1.97. The first-order valence-electron chi connectivity index (χ1n) is 10.3. The average molecular weight is 436 g/mol. The molecule has 1 aromatic rings. The van der Waals surface area contributed by atoms with Crippen molar-refractivity contribution in [2.75, 3.05) is 32.3 Å². The molecule has 0 aromatic heterocycles. The number of amides is 1. The molecule has 1 unspecified atom stereocenters. The van der Waals surface area contributed by atoms with Crippen molar-refractivity contribution < 1.29 is 33.3 Å². The summed E-state index contributed by atoms with van der Waals surface area (Å²) in [6, 6.07) is 5.14. The van der Waals surface area contributed by atoms with E-state index in [4.69, 9.17) is 18.9 Å². The molecule has 0 aliphatic carbocycles. The molecular weight excluding hydrogens is 402 g/mol. The van der Waals surface area contributed by atoms with Gasteiger partial charge in [-0.15, -0.1) is 0 Å². The monoisotopic (exact) mass is 435 g/mol. The first kappa shape index (κ1) is 24.5. The molecule has 0 bridgehead atoms. The smallest absolute Gasteiger partial charge is 0.414 e. The molecule has 0 radical (unpaired) electrons. The number of fused-ring (bicyclic) bond motifs is 1. The van der Waals surface area contributed by atoms with Gasteiger partial charge in [-0.1, -0.05) is 0 Å². The van der Waals surface area contributed by atoms with Crippen molar-refractivity contribution in [1.29, 1.82) is 0 Å². The summed E-state index contributed by atoms with van der Waals surface area (Å²) in [5.74, 6) is -0.460. The zero-order valence-corrected chi connectivity index (χ0v) is 19.7. The van der Waals surface area contributed by atoms with E-state index in [1.165, 1.54) is 19.1 Å². The van der Waals surface area contributed by atoms with E-state index in [9.17, 15) is 14.4 Å². The van der Waals surface area contributed by atoms with E-state index >= 15 is 0 Å². The standard InChI is InChI=1S/C23H33NO7/c1-9-30-19(26)23(13-22(5,6)18(25)29-8)14-24(20(27)31-21(2,3)4)17-11-10-15(28-7)12-16(17)23/h10-12H,9,13-14H2,1-8H3. The molecular formula is C23H33NO7. The van der Waals surface area contributed by atoms with Crippen LogP contribution in [-0.4, -0.2) is 51.0 Å². The van der Waals surface area contributed by atoms with Crippen LogP contribution in [0.25, 0.3) is 0 Å². The lowest BCUT2D eigenvalue weighted by Gasteiger charge is -2.34.